The molecule has 1 aromatic heterocycles. The lowest BCUT2D eigenvalue weighted by molar-refractivity contribution is 0.201. The molecule has 2 amide bonds. The summed E-state index contributed by atoms with van der Waals surface area (Å²) in [6.07, 6.45) is 6.73. The topological polar surface area (TPSA) is 72.5 Å². The van der Waals surface area contributed by atoms with Crippen molar-refractivity contribution in [1.29, 1.82) is 0 Å². The number of pyridine rings is 1. The van der Waals surface area contributed by atoms with Gasteiger partial charge in [-0.1, -0.05) is 18.2 Å². The highest BCUT2D eigenvalue weighted by Gasteiger charge is 2.16. The zero-order valence-corrected chi connectivity index (χ0v) is 15.0. The van der Waals surface area contributed by atoms with E-state index in [4.69, 9.17) is 9.47 Å². The lowest BCUT2D eigenvalue weighted by Gasteiger charge is -2.12. The summed E-state index contributed by atoms with van der Waals surface area (Å²) < 4.78 is 11.0. The molecule has 0 unspecified atom stereocenters. The van der Waals surface area contributed by atoms with Gasteiger partial charge in [-0.05, 0) is 48.9 Å². The van der Waals surface area contributed by atoms with E-state index in [-0.39, 0.29) is 6.03 Å². The van der Waals surface area contributed by atoms with Crippen molar-refractivity contribution in [3.8, 4) is 11.6 Å². The summed E-state index contributed by atoms with van der Waals surface area (Å²) in [5, 5.41) is 5.66. The number of aromatic nitrogens is 1. The number of hydrogen-bond acceptors (Lipinski definition) is 4. The van der Waals surface area contributed by atoms with Gasteiger partial charge in [-0.3, -0.25) is 0 Å². The highest BCUT2D eigenvalue weighted by atomic mass is 16.5. The van der Waals surface area contributed by atoms with Crippen molar-refractivity contribution < 1.29 is 14.3 Å². The molecule has 1 fully saturated rings. The fraction of sp³-hybridized carbons (Fsp3) is 0.400. The van der Waals surface area contributed by atoms with Gasteiger partial charge in [0.1, 0.15) is 11.9 Å². The second-order valence-electron chi connectivity index (χ2n) is 6.42. The van der Waals surface area contributed by atoms with Crippen LogP contribution in [0.3, 0.4) is 0 Å². The molecule has 6 nitrogen and oxygen atoms in total. The number of nitrogens with one attached hydrogen (secondary N) is 2. The van der Waals surface area contributed by atoms with E-state index < -0.39 is 0 Å². The standard InChI is InChI=1S/C20H25N3O3/c1-25-18-8-4-5-15(11-18)12-22-20(24)23-14-16-9-10-19(21-13-16)26-17-6-2-3-7-17/h4-5,8-11,13,17H,2-3,6-7,12,14H2,1H3,(H2,22,23,24). The number of carbonyl (C=O) groups excluding carboxylic acids is 1. The molecule has 6 heteroatoms. The number of benzene rings is 1. The maximum absolute atomic E-state index is 11.9. The molecule has 0 radical (unpaired) electrons. The van der Waals surface area contributed by atoms with Crippen LogP contribution >= 0.6 is 0 Å². The number of methoxy groups -OCH3 is 1. The molecule has 138 valence electrons. The molecule has 1 saturated carbocycles. The van der Waals surface area contributed by atoms with Gasteiger partial charge in [0, 0.05) is 25.4 Å². The first kappa shape index (κ1) is 18.0. The summed E-state index contributed by atoms with van der Waals surface area (Å²) in [4.78, 5) is 16.3. The van der Waals surface area contributed by atoms with Crippen LogP contribution < -0.4 is 20.1 Å². The molecule has 3 rings (SSSR count). The molecule has 0 aliphatic heterocycles. The number of urea groups is 1. The van der Waals surface area contributed by atoms with Crippen molar-refractivity contribution in [1.82, 2.24) is 15.6 Å². The average Bonchev–Trinajstić information content (AvgIpc) is 3.19. The van der Waals surface area contributed by atoms with E-state index >= 15 is 0 Å². The van der Waals surface area contributed by atoms with Crippen LogP contribution in [-0.4, -0.2) is 24.2 Å². The van der Waals surface area contributed by atoms with Crippen LogP contribution in [0.4, 0.5) is 4.79 Å². The summed E-state index contributed by atoms with van der Waals surface area (Å²) in [6.45, 7) is 0.857. The maximum atomic E-state index is 11.9. The summed E-state index contributed by atoms with van der Waals surface area (Å²) in [7, 11) is 1.62. The number of ether oxygens (including phenoxy) is 2. The van der Waals surface area contributed by atoms with Gasteiger partial charge in [-0.25, -0.2) is 9.78 Å². The van der Waals surface area contributed by atoms with Gasteiger partial charge in [0.05, 0.1) is 7.11 Å². The normalized spacial score (nSPS) is 14.0. The average molecular weight is 355 g/mol. The molecule has 2 aromatic rings. The van der Waals surface area contributed by atoms with Crippen molar-refractivity contribution in [3.05, 3.63) is 53.7 Å². The third kappa shape index (κ3) is 5.37. The SMILES string of the molecule is COc1cccc(CNC(=O)NCc2ccc(OC3CCCC3)nc2)c1. The Morgan fingerprint density at radius 2 is 1.88 bits per heavy atom. The smallest absolute Gasteiger partial charge is 0.315 e. The Morgan fingerprint density at radius 3 is 2.58 bits per heavy atom. The first-order chi connectivity index (χ1) is 12.7. The first-order valence-corrected chi connectivity index (χ1v) is 8.99. The summed E-state index contributed by atoms with van der Waals surface area (Å²) in [5.74, 6) is 1.43. The van der Waals surface area contributed by atoms with Gasteiger partial charge >= 0.3 is 6.03 Å². The number of rotatable bonds is 7. The van der Waals surface area contributed by atoms with E-state index in [0.29, 0.717) is 25.1 Å². The van der Waals surface area contributed by atoms with Crippen molar-refractivity contribution in [2.45, 2.75) is 44.9 Å². The fourth-order valence-electron chi connectivity index (χ4n) is 2.97. The number of amides is 2. The number of hydrogen-bond donors (Lipinski definition) is 2. The van der Waals surface area contributed by atoms with Gasteiger partial charge in [-0.15, -0.1) is 0 Å². The summed E-state index contributed by atoms with van der Waals surface area (Å²) >= 11 is 0. The van der Waals surface area contributed by atoms with Crippen molar-refractivity contribution in [3.63, 3.8) is 0 Å². The van der Waals surface area contributed by atoms with E-state index in [1.54, 1.807) is 13.3 Å². The quantitative estimate of drug-likeness (QED) is 0.798. The van der Waals surface area contributed by atoms with E-state index in [1.807, 2.05) is 36.4 Å². The zero-order chi connectivity index (χ0) is 18.2. The minimum absolute atomic E-state index is 0.223. The second-order valence-corrected chi connectivity index (χ2v) is 6.42. The van der Waals surface area contributed by atoms with Gasteiger partial charge in [-0.2, -0.15) is 0 Å². The number of nitrogens with zero attached hydrogens (tertiary/aromatic N) is 1. The van der Waals surface area contributed by atoms with Crippen LogP contribution in [0.5, 0.6) is 11.6 Å². The molecular formula is C20H25N3O3. The fourth-order valence-corrected chi connectivity index (χ4v) is 2.97. The van der Waals surface area contributed by atoms with Crippen LogP contribution in [0.15, 0.2) is 42.6 Å². The van der Waals surface area contributed by atoms with Gasteiger partial charge in [0.2, 0.25) is 5.88 Å². The van der Waals surface area contributed by atoms with Gasteiger partial charge < -0.3 is 20.1 Å². The largest absolute Gasteiger partial charge is 0.497 e. The molecule has 0 atom stereocenters. The molecule has 1 heterocycles. The van der Waals surface area contributed by atoms with E-state index in [0.717, 1.165) is 29.7 Å². The summed E-state index contributed by atoms with van der Waals surface area (Å²) in [5.41, 5.74) is 1.91. The molecule has 1 aliphatic carbocycles. The summed E-state index contributed by atoms with van der Waals surface area (Å²) in [6, 6.07) is 11.2. The molecule has 26 heavy (non-hydrogen) atoms. The van der Waals surface area contributed by atoms with Crippen LogP contribution in [0.25, 0.3) is 0 Å². The monoisotopic (exact) mass is 355 g/mol. The van der Waals surface area contributed by atoms with E-state index in [1.165, 1.54) is 12.8 Å². The Hall–Kier alpha value is -2.76. The lowest BCUT2D eigenvalue weighted by atomic mass is 10.2. The molecular weight excluding hydrogens is 330 g/mol. The Kier molecular flexibility index (Phi) is 6.30. The Balaban J connectivity index is 1.40. The van der Waals surface area contributed by atoms with Crippen LogP contribution in [-0.2, 0) is 13.1 Å². The zero-order valence-electron chi connectivity index (χ0n) is 15.0. The minimum Gasteiger partial charge on any atom is -0.497 e. The third-order valence-corrected chi connectivity index (χ3v) is 4.43. The minimum atomic E-state index is -0.223. The highest BCUT2D eigenvalue weighted by Crippen LogP contribution is 2.22. The van der Waals surface area contributed by atoms with Crippen LogP contribution in [0.2, 0.25) is 0 Å². The predicted molar refractivity (Wildman–Crippen MR) is 99.2 cm³/mol. The number of carbonyl (C=O) groups is 1. The Labute approximate surface area is 153 Å². The van der Waals surface area contributed by atoms with Crippen LogP contribution in [0.1, 0.15) is 36.8 Å². The molecule has 1 aromatic carbocycles. The van der Waals surface area contributed by atoms with Gasteiger partial charge in [0.25, 0.3) is 0 Å². The molecule has 2 N–H and O–H groups in total. The Bertz CT molecular complexity index is 712. The van der Waals surface area contributed by atoms with Crippen molar-refractivity contribution in [2.75, 3.05) is 7.11 Å². The molecule has 0 bridgehead atoms. The van der Waals surface area contributed by atoms with Crippen molar-refractivity contribution >= 4 is 6.03 Å². The third-order valence-electron chi connectivity index (χ3n) is 4.43. The van der Waals surface area contributed by atoms with E-state index in [9.17, 15) is 4.79 Å². The molecule has 0 saturated heterocycles. The van der Waals surface area contributed by atoms with Crippen LogP contribution in [0, 0.1) is 0 Å². The van der Waals surface area contributed by atoms with Crippen molar-refractivity contribution in [2.24, 2.45) is 0 Å². The molecule has 0 spiro atoms. The highest BCUT2D eigenvalue weighted by molar-refractivity contribution is 5.73. The van der Waals surface area contributed by atoms with Gasteiger partial charge in [0.15, 0.2) is 0 Å². The lowest BCUT2D eigenvalue weighted by Crippen LogP contribution is -2.34. The maximum Gasteiger partial charge on any atom is 0.315 e. The van der Waals surface area contributed by atoms with E-state index in [2.05, 4.69) is 15.6 Å². The Morgan fingerprint density at radius 1 is 1.12 bits per heavy atom. The second kappa shape index (κ2) is 9.08. The predicted octanol–water partition coefficient (Wildman–Crippen LogP) is 3.41. The molecule has 1 aliphatic rings. The first-order valence-electron chi connectivity index (χ1n) is 8.99.